The first-order valence-electron chi connectivity index (χ1n) is 11.2. The molecule has 0 saturated carbocycles. The number of nitrogens with zero attached hydrogens (tertiary/aromatic N) is 8. The lowest BCUT2D eigenvalue weighted by Gasteiger charge is -2.40. The van der Waals surface area contributed by atoms with Crippen molar-refractivity contribution in [3.8, 4) is 0 Å². The van der Waals surface area contributed by atoms with Crippen LogP contribution >= 0.6 is 0 Å². The van der Waals surface area contributed by atoms with Gasteiger partial charge in [0.15, 0.2) is 5.65 Å². The van der Waals surface area contributed by atoms with Crippen LogP contribution in [0.25, 0.3) is 11.0 Å². The van der Waals surface area contributed by atoms with Crippen LogP contribution in [0.4, 0.5) is 33.7 Å². The van der Waals surface area contributed by atoms with E-state index in [9.17, 15) is 26.7 Å². The monoisotopic (exact) mass is 498 g/mol. The molecular formula is C21H23F5N8O. The summed E-state index contributed by atoms with van der Waals surface area (Å²) in [6.45, 7) is 1.65. The zero-order chi connectivity index (χ0) is 25.0. The molecule has 0 radical (unpaired) electrons. The molecule has 0 N–H and O–H groups in total. The van der Waals surface area contributed by atoms with Gasteiger partial charge in [-0.1, -0.05) is 0 Å². The lowest BCUT2D eigenvalue weighted by Crippen LogP contribution is -2.44. The van der Waals surface area contributed by atoms with Gasteiger partial charge < -0.3 is 9.80 Å². The Labute approximate surface area is 196 Å². The first-order chi connectivity index (χ1) is 16.6. The summed E-state index contributed by atoms with van der Waals surface area (Å²) in [5.41, 5.74) is -0.331. The molecule has 0 aliphatic carbocycles. The molecule has 0 amide bonds. The summed E-state index contributed by atoms with van der Waals surface area (Å²) in [5, 5.41) is 4.08. The Balaban J connectivity index is 1.33. The van der Waals surface area contributed by atoms with Gasteiger partial charge in [-0.2, -0.15) is 23.3 Å². The summed E-state index contributed by atoms with van der Waals surface area (Å²) in [5.74, 6) is -0.512. The molecule has 2 aliphatic rings. The minimum absolute atomic E-state index is 0.0970. The van der Waals surface area contributed by atoms with E-state index in [4.69, 9.17) is 0 Å². The molecule has 3 aromatic rings. The van der Waals surface area contributed by atoms with Crippen molar-refractivity contribution in [1.29, 1.82) is 0 Å². The second-order valence-corrected chi connectivity index (χ2v) is 9.13. The number of hydrogen-bond acceptors (Lipinski definition) is 7. The fraction of sp³-hybridized carbons (Fsp3) is 0.571. The second kappa shape index (κ2) is 8.41. The number of hydrogen-bond donors (Lipinski definition) is 0. The van der Waals surface area contributed by atoms with E-state index in [2.05, 4.69) is 20.1 Å². The lowest BCUT2D eigenvalue weighted by atomic mass is 9.78. The lowest BCUT2D eigenvalue weighted by molar-refractivity contribution is -0.144. The average Bonchev–Trinajstić information content (AvgIpc) is 3.41. The molecule has 0 bridgehead atoms. The van der Waals surface area contributed by atoms with Gasteiger partial charge in [0, 0.05) is 39.4 Å². The van der Waals surface area contributed by atoms with E-state index in [1.807, 2.05) is 9.80 Å². The smallest absolute Gasteiger partial charge is 0.356 e. The SMILES string of the molecule is Cn1c(N2CCC3(CCN(c4ccnc(C(F)(F)F)n4)C3)CC2)nc2c(cnn2CC(F)F)c1=O. The van der Waals surface area contributed by atoms with E-state index in [1.54, 1.807) is 7.05 Å². The highest BCUT2D eigenvalue weighted by Gasteiger charge is 2.42. The van der Waals surface area contributed by atoms with E-state index in [0.29, 0.717) is 32.1 Å². The van der Waals surface area contributed by atoms with Gasteiger partial charge in [0.25, 0.3) is 12.0 Å². The second-order valence-electron chi connectivity index (χ2n) is 9.13. The van der Waals surface area contributed by atoms with Crippen molar-refractivity contribution < 1.29 is 22.0 Å². The maximum Gasteiger partial charge on any atom is 0.451 e. The first kappa shape index (κ1) is 23.4. The molecule has 1 spiro atoms. The maximum absolute atomic E-state index is 13.0. The summed E-state index contributed by atoms with van der Waals surface area (Å²) < 4.78 is 67.3. The van der Waals surface area contributed by atoms with Crippen molar-refractivity contribution in [3.05, 3.63) is 34.6 Å². The normalized spacial score (nSPS) is 18.4. The molecular weight excluding hydrogens is 475 g/mol. The van der Waals surface area contributed by atoms with E-state index >= 15 is 0 Å². The zero-order valence-corrected chi connectivity index (χ0v) is 18.8. The molecule has 188 valence electrons. The molecule has 2 aliphatic heterocycles. The molecule has 9 nitrogen and oxygen atoms in total. The highest BCUT2D eigenvalue weighted by atomic mass is 19.4. The van der Waals surface area contributed by atoms with Crippen LogP contribution in [-0.2, 0) is 19.8 Å². The van der Waals surface area contributed by atoms with Gasteiger partial charge >= 0.3 is 6.18 Å². The number of fused-ring (bicyclic) bond motifs is 1. The van der Waals surface area contributed by atoms with Crippen LogP contribution in [0, 0.1) is 5.41 Å². The molecule has 5 rings (SSSR count). The Hall–Kier alpha value is -3.32. The van der Waals surface area contributed by atoms with Crippen molar-refractivity contribution in [3.63, 3.8) is 0 Å². The Kier molecular flexibility index (Phi) is 5.63. The predicted octanol–water partition coefficient (Wildman–Crippen LogP) is 2.70. The number of rotatable bonds is 4. The third kappa shape index (κ3) is 4.29. The highest BCUT2D eigenvalue weighted by Crippen LogP contribution is 2.42. The molecule has 14 heteroatoms. The highest BCUT2D eigenvalue weighted by molar-refractivity contribution is 5.74. The molecule has 0 atom stereocenters. The standard InChI is InChI=1S/C21H23F5N8O/c1-31-17(35)13-10-28-34(11-14(22)23)16(13)30-19(31)32-7-3-20(4-8-32)5-9-33(12-20)15-2-6-27-18(29-15)21(24,25)26/h2,6,10,14H,3-5,7-9,11-12H2,1H3. The molecule has 2 saturated heterocycles. The Morgan fingerprint density at radius 2 is 1.77 bits per heavy atom. The quantitative estimate of drug-likeness (QED) is 0.512. The van der Waals surface area contributed by atoms with E-state index in [-0.39, 0.29) is 27.8 Å². The van der Waals surface area contributed by atoms with Crippen molar-refractivity contribution in [2.24, 2.45) is 12.5 Å². The molecule has 35 heavy (non-hydrogen) atoms. The number of piperidine rings is 1. The van der Waals surface area contributed by atoms with Gasteiger partial charge in [0.1, 0.15) is 17.7 Å². The Morgan fingerprint density at radius 3 is 2.43 bits per heavy atom. The first-order valence-corrected chi connectivity index (χ1v) is 11.2. The summed E-state index contributed by atoms with van der Waals surface area (Å²) in [4.78, 5) is 28.1. The van der Waals surface area contributed by atoms with Gasteiger partial charge in [0.05, 0.1) is 6.20 Å². The maximum atomic E-state index is 13.0. The number of alkyl halides is 5. The molecule has 5 heterocycles. The van der Waals surface area contributed by atoms with Crippen molar-refractivity contribution >= 4 is 22.8 Å². The average molecular weight is 498 g/mol. The summed E-state index contributed by atoms with van der Waals surface area (Å²) in [6, 6.07) is 1.49. The molecule has 0 unspecified atom stereocenters. The third-order valence-corrected chi connectivity index (χ3v) is 6.93. The summed E-state index contributed by atoms with van der Waals surface area (Å²) >= 11 is 0. The number of anilines is 2. The van der Waals surface area contributed by atoms with Crippen LogP contribution < -0.4 is 15.4 Å². The minimum Gasteiger partial charge on any atom is -0.356 e. The van der Waals surface area contributed by atoms with E-state index in [0.717, 1.165) is 30.1 Å². The van der Waals surface area contributed by atoms with Gasteiger partial charge in [0.2, 0.25) is 11.8 Å². The molecule has 2 fully saturated rings. The van der Waals surface area contributed by atoms with Crippen LogP contribution in [0.2, 0.25) is 0 Å². The summed E-state index contributed by atoms with van der Waals surface area (Å²) in [6.07, 6.45) is -2.57. The van der Waals surface area contributed by atoms with E-state index < -0.39 is 25.0 Å². The molecule has 3 aromatic heterocycles. The zero-order valence-electron chi connectivity index (χ0n) is 18.8. The third-order valence-electron chi connectivity index (χ3n) is 6.93. The van der Waals surface area contributed by atoms with Crippen LogP contribution in [-0.4, -0.2) is 61.9 Å². The van der Waals surface area contributed by atoms with Gasteiger partial charge in [-0.05, 0) is 30.7 Å². The topological polar surface area (TPSA) is 85.0 Å². The van der Waals surface area contributed by atoms with E-state index in [1.165, 1.54) is 16.8 Å². The van der Waals surface area contributed by atoms with Crippen LogP contribution in [0.1, 0.15) is 25.1 Å². The van der Waals surface area contributed by atoms with Gasteiger partial charge in [-0.3, -0.25) is 9.36 Å². The minimum atomic E-state index is -4.60. The van der Waals surface area contributed by atoms with Crippen LogP contribution in [0.15, 0.2) is 23.3 Å². The predicted molar refractivity (Wildman–Crippen MR) is 117 cm³/mol. The van der Waals surface area contributed by atoms with Crippen molar-refractivity contribution in [1.82, 2.24) is 29.3 Å². The largest absolute Gasteiger partial charge is 0.451 e. The fourth-order valence-electron chi connectivity index (χ4n) is 5.02. The van der Waals surface area contributed by atoms with Gasteiger partial charge in [-0.15, -0.1) is 0 Å². The summed E-state index contributed by atoms with van der Waals surface area (Å²) in [7, 11) is 1.59. The molecule has 0 aromatic carbocycles. The van der Waals surface area contributed by atoms with Crippen LogP contribution in [0.5, 0.6) is 0 Å². The van der Waals surface area contributed by atoms with Crippen molar-refractivity contribution in [2.75, 3.05) is 36.0 Å². The Morgan fingerprint density at radius 1 is 1.09 bits per heavy atom. The number of aromatic nitrogens is 6. The van der Waals surface area contributed by atoms with Gasteiger partial charge in [-0.25, -0.2) is 23.4 Å². The fourth-order valence-corrected chi connectivity index (χ4v) is 5.02. The van der Waals surface area contributed by atoms with Crippen molar-refractivity contribution in [2.45, 2.75) is 38.4 Å². The number of halogens is 5. The van der Waals surface area contributed by atoms with Crippen LogP contribution in [0.3, 0.4) is 0 Å². The Bertz CT molecular complexity index is 1300.